The lowest BCUT2D eigenvalue weighted by Gasteiger charge is -2.57. The second kappa shape index (κ2) is 14.1. The second-order valence-corrected chi connectivity index (χ2v) is 18.6. The third-order valence-electron chi connectivity index (χ3n) is 14.1. The van der Waals surface area contributed by atoms with E-state index in [1.807, 2.05) is 12.2 Å². The third-order valence-corrected chi connectivity index (χ3v) is 14.1. The first-order valence-corrected chi connectivity index (χ1v) is 21.4. The zero-order valence-electron chi connectivity index (χ0n) is 30.9. The van der Waals surface area contributed by atoms with Gasteiger partial charge in [-0.3, -0.25) is 14.2 Å². The van der Waals surface area contributed by atoms with Crippen molar-refractivity contribution in [3.8, 4) is 0 Å². The van der Waals surface area contributed by atoms with E-state index in [-0.39, 0.29) is 11.2 Å². The van der Waals surface area contributed by atoms with E-state index < -0.39 is 10.1 Å². The second-order valence-electron chi connectivity index (χ2n) is 17.1. The van der Waals surface area contributed by atoms with E-state index in [1.165, 1.54) is 69.9 Å². The Hall–Kier alpha value is -2.50. The van der Waals surface area contributed by atoms with Crippen molar-refractivity contribution < 1.29 is 17.8 Å². The van der Waals surface area contributed by atoms with Gasteiger partial charge >= 0.3 is 0 Å². The SMILES string of the molecule is CC(CN1CCN(c2cc(N3CCCC3)nc(N3CCCC3)n2)CC1)[C@H]1CC[C@H]2[C@@H]3CCC4=CC(=O)C=C[C@]4(C)[C@H]3CC[C@]12C.CS(=O)(=O)O. The monoisotopic (exact) mass is 708 g/mol. The molecule has 0 radical (unpaired) electrons. The van der Waals surface area contributed by atoms with Crippen molar-refractivity contribution in [2.75, 3.05) is 79.9 Å². The Morgan fingerprint density at radius 2 is 1.46 bits per heavy atom. The first-order chi connectivity index (χ1) is 23.8. The smallest absolute Gasteiger partial charge is 0.261 e. The highest BCUT2D eigenvalue weighted by Gasteiger charge is 2.59. The summed E-state index contributed by atoms with van der Waals surface area (Å²) in [6.45, 7) is 17.7. The van der Waals surface area contributed by atoms with Gasteiger partial charge in [-0.05, 0) is 111 Å². The molecule has 3 saturated heterocycles. The normalized spacial score (nSPS) is 34.9. The number of piperazine rings is 1. The summed E-state index contributed by atoms with van der Waals surface area (Å²) in [6, 6.07) is 2.28. The van der Waals surface area contributed by atoms with Gasteiger partial charge in [0, 0.05) is 70.4 Å². The Labute approximate surface area is 300 Å². The van der Waals surface area contributed by atoms with Gasteiger partial charge in [0.25, 0.3) is 10.1 Å². The largest absolute Gasteiger partial charge is 0.356 e. The van der Waals surface area contributed by atoms with Crippen molar-refractivity contribution in [3.05, 3.63) is 29.9 Å². The first-order valence-electron chi connectivity index (χ1n) is 19.5. The lowest BCUT2D eigenvalue weighted by atomic mass is 9.47. The van der Waals surface area contributed by atoms with Gasteiger partial charge in [-0.2, -0.15) is 18.4 Å². The zero-order chi connectivity index (χ0) is 35.3. The van der Waals surface area contributed by atoms with Gasteiger partial charge in [0.15, 0.2) is 5.78 Å². The van der Waals surface area contributed by atoms with Crippen LogP contribution in [-0.2, 0) is 14.9 Å². The molecule has 7 atom stereocenters. The average molecular weight is 709 g/mol. The molecule has 3 aliphatic heterocycles. The zero-order valence-corrected chi connectivity index (χ0v) is 31.7. The van der Waals surface area contributed by atoms with Crippen LogP contribution >= 0.6 is 0 Å². The topological polar surface area (TPSA) is 110 Å². The number of fused-ring (bicyclic) bond motifs is 5. The number of carbonyl (C=O) groups excluding carboxylic acids is 1. The van der Waals surface area contributed by atoms with Gasteiger partial charge < -0.3 is 14.7 Å². The van der Waals surface area contributed by atoms with Crippen LogP contribution in [0.3, 0.4) is 0 Å². The van der Waals surface area contributed by atoms with Crippen molar-refractivity contribution >= 4 is 33.5 Å². The average Bonchev–Trinajstić information content (AvgIpc) is 3.86. The minimum Gasteiger partial charge on any atom is -0.356 e. The number of allylic oxidation sites excluding steroid dienone is 4. The molecule has 8 rings (SSSR count). The summed E-state index contributed by atoms with van der Waals surface area (Å²) in [6.07, 6.45) is 19.8. The Morgan fingerprint density at radius 3 is 2.10 bits per heavy atom. The van der Waals surface area contributed by atoms with Crippen molar-refractivity contribution in [2.45, 2.75) is 85.0 Å². The summed E-state index contributed by atoms with van der Waals surface area (Å²) in [5.41, 5.74) is 1.99. The van der Waals surface area contributed by atoms with E-state index in [2.05, 4.69) is 52.5 Å². The predicted molar refractivity (Wildman–Crippen MR) is 200 cm³/mol. The number of ketones is 1. The molecule has 4 aliphatic carbocycles. The molecule has 50 heavy (non-hydrogen) atoms. The van der Waals surface area contributed by atoms with E-state index in [4.69, 9.17) is 14.5 Å². The molecule has 4 heterocycles. The van der Waals surface area contributed by atoms with Crippen molar-refractivity contribution in [1.29, 1.82) is 0 Å². The third kappa shape index (κ3) is 7.25. The molecule has 1 aromatic heterocycles. The molecule has 276 valence electrons. The van der Waals surface area contributed by atoms with Gasteiger partial charge in [0.1, 0.15) is 11.6 Å². The molecule has 0 spiro atoms. The Morgan fingerprint density at radius 1 is 0.860 bits per heavy atom. The molecule has 1 unspecified atom stereocenters. The minimum atomic E-state index is -3.67. The maximum Gasteiger partial charge on any atom is 0.261 e. The number of carbonyl (C=O) groups is 1. The van der Waals surface area contributed by atoms with Crippen LogP contribution in [0.25, 0.3) is 0 Å². The lowest BCUT2D eigenvalue weighted by Crippen LogP contribution is -2.51. The Bertz CT molecular complexity index is 1540. The summed E-state index contributed by atoms with van der Waals surface area (Å²) >= 11 is 0. The summed E-state index contributed by atoms with van der Waals surface area (Å²) in [4.78, 5) is 32.6. The molecule has 0 amide bonds. The highest BCUT2D eigenvalue weighted by atomic mass is 32.2. The molecule has 7 aliphatic rings. The summed E-state index contributed by atoms with van der Waals surface area (Å²) < 4.78 is 25.9. The van der Waals surface area contributed by atoms with Crippen LogP contribution in [0.1, 0.15) is 85.0 Å². The summed E-state index contributed by atoms with van der Waals surface area (Å²) in [5, 5.41) is 0. The van der Waals surface area contributed by atoms with Crippen LogP contribution in [0.4, 0.5) is 17.6 Å². The van der Waals surface area contributed by atoms with Gasteiger partial charge in [0.2, 0.25) is 5.95 Å². The lowest BCUT2D eigenvalue weighted by molar-refractivity contribution is -0.111. The van der Waals surface area contributed by atoms with E-state index >= 15 is 0 Å². The van der Waals surface area contributed by atoms with Crippen LogP contribution in [0.15, 0.2) is 29.9 Å². The molecule has 0 aromatic carbocycles. The fourth-order valence-corrected chi connectivity index (χ4v) is 11.6. The minimum absolute atomic E-state index is 0.107. The predicted octanol–water partition coefficient (Wildman–Crippen LogP) is 5.86. The fourth-order valence-electron chi connectivity index (χ4n) is 11.6. The van der Waals surface area contributed by atoms with Crippen molar-refractivity contribution in [2.24, 2.45) is 40.4 Å². The highest BCUT2D eigenvalue weighted by Crippen LogP contribution is 2.67. The molecule has 10 nitrogen and oxygen atoms in total. The van der Waals surface area contributed by atoms with E-state index in [0.29, 0.717) is 17.6 Å². The maximum atomic E-state index is 12.2. The number of aromatic nitrogens is 2. The summed E-state index contributed by atoms with van der Waals surface area (Å²) in [5.74, 6) is 7.35. The number of rotatable bonds is 6. The standard InChI is InChI=1S/C38H56N6O.CH4O3S/c1-27(31-10-11-32-30-9-8-28-24-29(45)12-14-37(28,2)33(30)13-15-38(31,32)3)26-41-20-22-43(23-21-41)35-25-34(42-16-4-5-17-42)39-36(40-35)44-18-6-7-19-44;1-5(2,3)4/h12,14,24-25,27,30-33H,4-11,13,15-23,26H2,1-3H3;1H3,(H,2,3,4)/t27?,30-,31+,32-,33-,37-,38+;/m0./s1. The van der Waals surface area contributed by atoms with Gasteiger partial charge in [0.05, 0.1) is 6.26 Å². The van der Waals surface area contributed by atoms with Crippen LogP contribution in [0.5, 0.6) is 0 Å². The number of nitrogens with zero attached hydrogens (tertiary/aromatic N) is 6. The molecular formula is C39H60N6O4S. The van der Waals surface area contributed by atoms with E-state index in [9.17, 15) is 13.2 Å². The molecule has 1 N–H and O–H groups in total. The molecule has 0 bridgehead atoms. The molecular weight excluding hydrogens is 649 g/mol. The fraction of sp³-hybridized carbons (Fsp3) is 0.769. The molecule has 3 saturated carbocycles. The Balaban J connectivity index is 0.000000734. The number of anilines is 3. The molecule has 11 heteroatoms. The van der Waals surface area contributed by atoms with Crippen LogP contribution < -0.4 is 14.7 Å². The Kier molecular flexibility index (Phi) is 10.2. The van der Waals surface area contributed by atoms with E-state index in [1.54, 1.807) is 0 Å². The quantitative estimate of drug-likeness (QED) is 0.361. The highest BCUT2D eigenvalue weighted by molar-refractivity contribution is 7.85. The molecule has 6 fully saturated rings. The van der Waals surface area contributed by atoms with E-state index in [0.717, 1.165) is 100 Å². The van der Waals surface area contributed by atoms with Gasteiger partial charge in [-0.25, -0.2) is 0 Å². The van der Waals surface area contributed by atoms with Crippen molar-refractivity contribution in [3.63, 3.8) is 0 Å². The van der Waals surface area contributed by atoms with Crippen LogP contribution in [0, 0.1) is 40.4 Å². The van der Waals surface area contributed by atoms with Crippen molar-refractivity contribution in [1.82, 2.24) is 14.9 Å². The summed E-state index contributed by atoms with van der Waals surface area (Å²) in [7, 11) is -3.67. The van der Waals surface area contributed by atoms with Gasteiger partial charge in [-0.1, -0.05) is 32.4 Å². The maximum absolute atomic E-state index is 12.2. The van der Waals surface area contributed by atoms with Crippen LogP contribution in [0.2, 0.25) is 0 Å². The number of hydrogen-bond donors (Lipinski definition) is 1. The van der Waals surface area contributed by atoms with Crippen LogP contribution in [-0.4, -0.2) is 98.8 Å². The molecule has 1 aromatic rings. The first kappa shape index (κ1) is 35.9. The van der Waals surface area contributed by atoms with Gasteiger partial charge in [-0.15, -0.1) is 0 Å². The number of hydrogen-bond acceptors (Lipinski definition) is 9.